The van der Waals surface area contributed by atoms with Crippen LogP contribution in [-0.4, -0.2) is 33.6 Å². The fourth-order valence-corrected chi connectivity index (χ4v) is 6.63. The first-order valence-electron chi connectivity index (χ1n) is 12.1. The lowest BCUT2D eigenvalue weighted by molar-refractivity contribution is 0.0862. The summed E-state index contributed by atoms with van der Waals surface area (Å²) in [4.78, 5) is 0. The molecule has 4 saturated carbocycles. The summed E-state index contributed by atoms with van der Waals surface area (Å²) in [6, 6.07) is 0. The highest BCUT2D eigenvalue weighted by atomic mass is 16.3. The second-order valence-corrected chi connectivity index (χ2v) is 10.7. The lowest BCUT2D eigenvalue weighted by atomic mass is 9.61. The minimum atomic E-state index is -0.621. The van der Waals surface area contributed by atoms with Gasteiger partial charge in [-0.3, -0.25) is 0 Å². The number of aliphatic hydroxyl groups is 3. The summed E-state index contributed by atoms with van der Waals surface area (Å²) in [5.74, 6) is 2.28. The third-order valence-electron chi connectivity index (χ3n) is 8.65. The van der Waals surface area contributed by atoms with Crippen LogP contribution >= 0.6 is 0 Å². The summed E-state index contributed by atoms with van der Waals surface area (Å²) < 4.78 is 0. The topological polar surface area (TPSA) is 60.7 Å². The van der Waals surface area contributed by atoms with E-state index in [0.29, 0.717) is 41.9 Å². The fraction of sp³-hybridized carbons (Fsp3) is 0.704. The van der Waals surface area contributed by atoms with E-state index in [1.807, 2.05) is 0 Å². The molecule has 0 aromatic carbocycles. The molecule has 0 unspecified atom stereocenters. The van der Waals surface area contributed by atoms with Crippen molar-refractivity contribution in [3.63, 3.8) is 0 Å². The Morgan fingerprint density at radius 2 is 1.87 bits per heavy atom. The third kappa shape index (κ3) is 4.40. The van der Waals surface area contributed by atoms with Crippen molar-refractivity contribution >= 4 is 0 Å². The normalized spacial score (nSPS) is 42.1. The Kier molecular flexibility index (Phi) is 6.44. The van der Waals surface area contributed by atoms with Gasteiger partial charge in [0.2, 0.25) is 0 Å². The molecular formula is C27H40O3. The highest BCUT2D eigenvalue weighted by molar-refractivity contribution is 5.38. The van der Waals surface area contributed by atoms with Crippen molar-refractivity contribution in [3.05, 3.63) is 47.6 Å². The van der Waals surface area contributed by atoms with Crippen LogP contribution in [-0.2, 0) is 0 Å². The lowest BCUT2D eigenvalue weighted by Crippen LogP contribution is -2.35. The minimum absolute atomic E-state index is 0.250. The Bertz CT molecular complexity index is 743. The molecule has 0 aliphatic heterocycles. The van der Waals surface area contributed by atoms with Gasteiger partial charge in [0.25, 0.3) is 0 Å². The van der Waals surface area contributed by atoms with E-state index in [1.54, 1.807) is 0 Å². The SMILES string of the molecule is C=C1/C(=C\C=C2/CCC[C@]3(C)[C@@H]([C@H](C)/C=C/[C@H](O)C4CC4)CC[C@@H]23)C[C@@H](O)C[C@H]1O. The van der Waals surface area contributed by atoms with Gasteiger partial charge in [0.15, 0.2) is 0 Å². The number of hydrogen-bond acceptors (Lipinski definition) is 3. The molecule has 4 aliphatic carbocycles. The molecule has 3 nitrogen and oxygen atoms in total. The van der Waals surface area contributed by atoms with Gasteiger partial charge in [0.1, 0.15) is 0 Å². The Hall–Kier alpha value is -1.16. The van der Waals surface area contributed by atoms with Gasteiger partial charge in [-0.2, -0.15) is 0 Å². The monoisotopic (exact) mass is 412 g/mol. The second kappa shape index (κ2) is 8.76. The lowest BCUT2D eigenvalue weighted by Gasteiger charge is -2.44. The van der Waals surface area contributed by atoms with Crippen molar-refractivity contribution < 1.29 is 15.3 Å². The second-order valence-electron chi connectivity index (χ2n) is 10.7. The van der Waals surface area contributed by atoms with E-state index in [0.717, 1.165) is 17.6 Å². The molecule has 0 heterocycles. The van der Waals surface area contributed by atoms with Crippen molar-refractivity contribution in [2.45, 2.75) is 89.9 Å². The Morgan fingerprint density at radius 1 is 1.10 bits per heavy atom. The van der Waals surface area contributed by atoms with E-state index in [4.69, 9.17) is 0 Å². The Morgan fingerprint density at radius 3 is 2.60 bits per heavy atom. The van der Waals surface area contributed by atoms with E-state index < -0.39 is 12.2 Å². The average Bonchev–Trinajstić information content (AvgIpc) is 3.49. The smallest absolute Gasteiger partial charge is 0.0811 e. The summed E-state index contributed by atoms with van der Waals surface area (Å²) in [5, 5.41) is 30.4. The van der Waals surface area contributed by atoms with Gasteiger partial charge in [-0.05, 0) is 91.6 Å². The standard InChI is InChI=1S/C27H40O3/c1-17(6-13-25(29)20-8-9-20)23-11-12-24-19(5-4-14-27(23,24)3)7-10-21-15-22(28)16-26(30)18(21)2/h6-7,10,13,17,20,22-26,28-30H,2,4-5,8-9,11-12,14-16H2,1,3H3/b13-6+,19-7+,21-10-/t17-,22-,23-,24+,25+,26-,27-/m1/s1. The highest BCUT2D eigenvalue weighted by Crippen LogP contribution is 2.59. The molecule has 7 atom stereocenters. The van der Waals surface area contributed by atoms with Crippen LogP contribution in [0.3, 0.4) is 0 Å². The van der Waals surface area contributed by atoms with Gasteiger partial charge in [0.05, 0.1) is 18.3 Å². The van der Waals surface area contributed by atoms with Gasteiger partial charge >= 0.3 is 0 Å². The van der Waals surface area contributed by atoms with E-state index >= 15 is 0 Å². The molecule has 0 radical (unpaired) electrons. The first-order chi connectivity index (χ1) is 14.3. The number of hydrogen-bond donors (Lipinski definition) is 3. The molecule has 0 aromatic rings. The fourth-order valence-electron chi connectivity index (χ4n) is 6.63. The Labute approximate surface area is 182 Å². The molecule has 30 heavy (non-hydrogen) atoms. The molecule has 0 aromatic heterocycles. The van der Waals surface area contributed by atoms with Crippen molar-refractivity contribution in [2.75, 3.05) is 0 Å². The van der Waals surface area contributed by atoms with E-state index in [9.17, 15) is 15.3 Å². The first-order valence-corrected chi connectivity index (χ1v) is 12.1. The molecule has 0 bridgehead atoms. The number of rotatable bonds is 5. The van der Waals surface area contributed by atoms with Crippen molar-refractivity contribution in [1.29, 1.82) is 0 Å². The quantitative estimate of drug-likeness (QED) is 0.551. The summed E-state index contributed by atoms with van der Waals surface area (Å²) in [5.41, 5.74) is 3.63. The number of allylic oxidation sites excluding steroid dienone is 4. The molecule has 4 rings (SSSR count). The number of aliphatic hydroxyl groups excluding tert-OH is 3. The zero-order valence-corrected chi connectivity index (χ0v) is 18.8. The van der Waals surface area contributed by atoms with Gasteiger partial charge in [-0.25, -0.2) is 0 Å². The van der Waals surface area contributed by atoms with E-state index in [1.165, 1.54) is 44.1 Å². The summed E-state index contributed by atoms with van der Waals surface area (Å²) in [6.45, 7) is 8.88. The van der Waals surface area contributed by atoms with E-state index in [2.05, 4.69) is 44.7 Å². The van der Waals surface area contributed by atoms with Crippen molar-refractivity contribution in [1.82, 2.24) is 0 Å². The van der Waals surface area contributed by atoms with Crippen LogP contribution in [0.1, 0.15) is 71.6 Å². The van der Waals surface area contributed by atoms with Gasteiger partial charge < -0.3 is 15.3 Å². The maximum Gasteiger partial charge on any atom is 0.0811 e. The van der Waals surface area contributed by atoms with E-state index in [-0.39, 0.29) is 6.10 Å². The summed E-state index contributed by atoms with van der Waals surface area (Å²) in [6.07, 6.45) is 16.9. The van der Waals surface area contributed by atoms with Gasteiger partial charge in [0, 0.05) is 6.42 Å². The predicted molar refractivity (Wildman–Crippen MR) is 122 cm³/mol. The van der Waals surface area contributed by atoms with Crippen LogP contribution in [0.2, 0.25) is 0 Å². The molecule has 4 fully saturated rings. The molecule has 4 aliphatic rings. The van der Waals surface area contributed by atoms with Gasteiger partial charge in [-0.1, -0.05) is 50.3 Å². The maximum atomic E-state index is 10.2. The van der Waals surface area contributed by atoms with Crippen LogP contribution in [0.4, 0.5) is 0 Å². The summed E-state index contributed by atoms with van der Waals surface area (Å²) >= 11 is 0. The van der Waals surface area contributed by atoms with Crippen LogP contribution in [0.5, 0.6) is 0 Å². The number of fused-ring (bicyclic) bond motifs is 1. The zero-order chi connectivity index (χ0) is 21.5. The summed E-state index contributed by atoms with van der Waals surface area (Å²) in [7, 11) is 0. The van der Waals surface area contributed by atoms with Crippen molar-refractivity contribution in [2.24, 2.45) is 29.1 Å². The molecule has 3 N–H and O–H groups in total. The van der Waals surface area contributed by atoms with Crippen LogP contribution < -0.4 is 0 Å². The first kappa shape index (κ1) is 22.0. The van der Waals surface area contributed by atoms with Crippen LogP contribution in [0, 0.1) is 29.1 Å². The largest absolute Gasteiger partial charge is 0.393 e. The average molecular weight is 413 g/mol. The third-order valence-corrected chi connectivity index (χ3v) is 8.65. The molecule has 0 saturated heterocycles. The predicted octanol–water partition coefficient (Wildman–Crippen LogP) is 5.09. The van der Waals surface area contributed by atoms with Crippen molar-refractivity contribution in [3.8, 4) is 0 Å². The van der Waals surface area contributed by atoms with Crippen LogP contribution in [0.15, 0.2) is 47.6 Å². The maximum absolute atomic E-state index is 10.2. The molecule has 0 amide bonds. The highest BCUT2D eigenvalue weighted by Gasteiger charge is 2.50. The molecular weight excluding hydrogens is 372 g/mol. The van der Waals surface area contributed by atoms with Crippen LogP contribution in [0.25, 0.3) is 0 Å². The Balaban J connectivity index is 1.48. The zero-order valence-electron chi connectivity index (χ0n) is 18.8. The van der Waals surface area contributed by atoms with Gasteiger partial charge in [-0.15, -0.1) is 0 Å². The molecule has 166 valence electrons. The molecule has 0 spiro atoms. The minimum Gasteiger partial charge on any atom is -0.393 e. The molecule has 3 heteroatoms.